The van der Waals surface area contributed by atoms with Gasteiger partial charge >= 0.3 is 0 Å². The summed E-state index contributed by atoms with van der Waals surface area (Å²) in [6, 6.07) is 0.393. The molecule has 1 aliphatic rings. The van der Waals surface area contributed by atoms with Crippen LogP contribution < -0.4 is 5.73 Å². The average molecular weight is 222 g/mol. The standard InChI is InChI=1S/C11H18N4O/c1-3-10-9(6-11(12)16)13-14-15(10)7(2)8-4-5-8/h7-8H,3-6H2,1-2H3,(H2,12,16). The van der Waals surface area contributed by atoms with Crippen molar-refractivity contribution in [2.45, 2.75) is 45.6 Å². The number of hydrogen-bond acceptors (Lipinski definition) is 3. The molecule has 5 nitrogen and oxygen atoms in total. The van der Waals surface area contributed by atoms with Gasteiger partial charge in [-0.05, 0) is 32.1 Å². The van der Waals surface area contributed by atoms with Crippen molar-refractivity contribution in [1.82, 2.24) is 15.0 Å². The molecule has 0 saturated heterocycles. The molecule has 2 N–H and O–H groups in total. The predicted octanol–water partition coefficient (Wildman–Crippen LogP) is 0.839. The van der Waals surface area contributed by atoms with E-state index in [2.05, 4.69) is 24.2 Å². The lowest BCUT2D eigenvalue weighted by Crippen LogP contribution is -2.16. The fraction of sp³-hybridized carbons (Fsp3) is 0.727. The lowest BCUT2D eigenvalue weighted by atomic mass is 10.1. The lowest BCUT2D eigenvalue weighted by Gasteiger charge is -2.13. The first-order valence-corrected chi connectivity index (χ1v) is 5.84. The molecule has 2 rings (SSSR count). The largest absolute Gasteiger partial charge is 0.369 e. The summed E-state index contributed by atoms with van der Waals surface area (Å²) in [4.78, 5) is 10.9. The highest BCUT2D eigenvalue weighted by Crippen LogP contribution is 2.39. The Bertz CT molecular complexity index is 395. The van der Waals surface area contributed by atoms with Gasteiger partial charge in [0.2, 0.25) is 5.91 Å². The van der Waals surface area contributed by atoms with Crippen LogP contribution in [0.25, 0.3) is 0 Å². The van der Waals surface area contributed by atoms with Crippen LogP contribution >= 0.6 is 0 Å². The highest BCUT2D eigenvalue weighted by Gasteiger charge is 2.31. The highest BCUT2D eigenvalue weighted by atomic mass is 16.1. The Hall–Kier alpha value is -1.39. The van der Waals surface area contributed by atoms with Gasteiger partial charge in [-0.2, -0.15) is 0 Å². The monoisotopic (exact) mass is 222 g/mol. The molecule has 1 amide bonds. The summed E-state index contributed by atoms with van der Waals surface area (Å²) in [5, 5.41) is 8.23. The summed E-state index contributed by atoms with van der Waals surface area (Å²) >= 11 is 0. The van der Waals surface area contributed by atoms with Crippen molar-refractivity contribution in [3.05, 3.63) is 11.4 Å². The summed E-state index contributed by atoms with van der Waals surface area (Å²) in [5.74, 6) is 0.384. The normalized spacial score (nSPS) is 17.4. The lowest BCUT2D eigenvalue weighted by molar-refractivity contribution is -0.117. The van der Waals surface area contributed by atoms with E-state index in [1.54, 1.807) is 0 Å². The van der Waals surface area contributed by atoms with Gasteiger partial charge < -0.3 is 5.73 Å². The van der Waals surface area contributed by atoms with Crippen LogP contribution in [0, 0.1) is 5.92 Å². The van der Waals surface area contributed by atoms with Crippen molar-refractivity contribution in [1.29, 1.82) is 0 Å². The molecule has 1 aromatic heterocycles. The molecule has 0 bridgehead atoms. The average Bonchev–Trinajstić information content (AvgIpc) is 2.99. The predicted molar refractivity (Wildman–Crippen MR) is 59.7 cm³/mol. The molecule has 0 spiro atoms. The van der Waals surface area contributed by atoms with Crippen LogP contribution in [0.4, 0.5) is 0 Å². The third kappa shape index (κ3) is 2.08. The zero-order chi connectivity index (χ0) is 11.7. The molecule has 0 aliphatic heterocycles. The van der Waals surface area contributed by atoms with Crippen molar-refractivity contribution in [2.24, 2.45) is 11.7 Å². The molecule has 1 atom stereocenters. The number of aromatic nitrogens is 3. The van der Waals surface area contributed by atoms with Crippen LogP contribution in [0.5, 0.6) is 0 Å². The smallest absolute Gasteiger partial charge is 0.223 e. The van der Waals surface area contributed by atoms with Gasteiger partial charge in [-0.1, -0.05) is 12.1 Å². The quantitative estimate of drug-likeness (QED) is 0.802. The number of carbonyl (C=O) groups is 1. The second-order valence-corrected chi connectivity index (χ2v) is 4.50. The fourth-order valence-electron chi connectivity index (χ4n) is 2.12. The molecule has 1 heterocycles. The second-order valence-electron chi connectivity index (χ2n) is 4.50. The Morgan fingerprint density at radius 3 is 2.81 bits per heavy atom. The minimum Gasteiger partial charge on any atom is -0.369 e. The van der Waals surface area contributed by atoms with Crippen LogP contribution in [0.3, 0.4) is 0 Å². The van der Waals surface area contributed by atoms with E-state index in [9.17, 15) is 4.79 Å². The summed E-state index contributed by atoms with van der Waals surface area (Å²) in [6.45, 7) is 4.22. The molecule has 5 heteroatoms. The number of hydrogen-bond donors (Lipinski definition) is 1. The van der Waals surface area contributed by atoms with Crippen molar-refractivity contribution in [3.63, 3.8) is 0 Å². The third-order valence-electron chi connectivity index (χ3n) is 3.24. The maximum Gasteiger partial charge on any atom is 0.223 e. The maximum atomic E-state index is 10.9. The van der Waals surface area contributed by atoms with Gasteiger partial charge in [0.25, 0.3) is 0 Å². The molecule has 1 fully saturated rings. The van der Waals surface area contributed by atoms with Crippen molar-refractivity contribution in [2.75, 3.05) is 0 Å². The minimum absolute atomic E-state index is 0.195. The molecule has 1 aliphatic carbocycles. The van der Waals surface area contributed by atoms with Gasteiger partial charge in [0.1, 0.15) is 0 Å². The van der Waals surface area contributed by atoms with Crippen LogP contribution in [-0.4, -0.2) is 20.9 Å². The SMILES string of the molecule is CCc1c(CC(N)=O)nnn1C(C)C1CC1. The molecular weight excluding hydrogens is 204 g/mol. The van der Waals surface area contributed by atoms with Crippen molar-refractivity contribution < 1.29 is 4.79 Å². The Labute approximate surface area is 95.0 Å². The number of amides is 1. The van der Waals surface area contributed by atoms with E-state index in [0.29, 0.717) is 6.04 Å². The van der Waals surface area contributed by atoms with E-state index < -0.39 is 0 Å². The fourth-order valence-corrected chi connectivity index (χ4v) is 2.12. The first kappa shape index (κ1) is 11.1. The van der Waals surface area contributed by atoms with Gasteiger partial charge in [0.15, 0.2) is 0 Å². The topological polar surface area (TPSA) is 73.8 Å². The van der Waals surface area contributed by atoms with E-state index in [0.717, 1.165) is 23.7 Å². The number of carbonyl (C=O) groups excluding carboxylic acids is 1. The Morgan fingerprint density at radius 1 is 1.62 bits per heavy atom. The number of nitrogens with zero attached hydrogens (tertiary/aromatic N) is 3. The van der Waals surface area contributed by atoms with Crippen LogP contribution in [0.1, 0.15) is 44.1 Å². The van der Waals surface area contributed by atoms with Crippen molar-refractivity contribution >= 4 is 5.91 Å². The molecule has 1 saturated carbocycles. The number of nitrogens with two attached hydrogens (primary N) is 1. The van der Waals surface area contributed by atoms with Crippen LogP contribution in [0.2, 0.25) is 0 Å². The molecule has 1 aromatic rings. The Balaban J connectivity index is 2.24. The van der Waals surface area contributed by atoms with E-state index in [4.69, 9.17) is 5.73 Å². The van der Waals surface area contributed by atoms with Gasteiger partial charge in [-0.25, -0.2) is 4.68 Å². The van der Waals surface area contributed by atoms with Crippen LogP contribution in [-0.2, 0) is 17.6 Å². The summed E-state index contributed by atoms with van der Waals surface area (Å²) in [7, 11) is 0. The van der Waals surface area contributed by atoms with Crippen molar-refractivity contribution in [3.8, 4) is 0 Å². The van der Waals surface area contributed by atoms with Gasteiger partial charge in [-0.3, -0.25) is 4.79 Å². The maximum absolute atomic E-state index is 10.9. The first-order valence-electron chi connectivity index (χ1n) is 5.84. The van der Waals surface area contributed by atoms with E-state index in [-0.39, 0.29) is 12.3 Å². The minimum atomic E-state index is -0.346. The molecular formula is C11H18N4O. The summed E-state index contributed by atoms with van der Waals surface area (Å²) in [5.41, 5.74) is 6.98. The van der Waals surface area contributed by atoms with E-state index in [1.807, 2.05) is 4.68 Å². The highest BCUT2D eigenvalue weighted by molar-refractivity contribution is 5.76. The summed E-state index contributed by atoms with van der Waals surface area (Å²) < 4.78 is 1.97. The third-order valence-corrected chi connectivity index (χ3v) is 3.24. The van der Waals surface area contributed by atoms with E-state index in [1.165, 1.54) is 12.8 Å². The van der Waals surface area contributed by atoms with Gasteiger partial charge in [0, 0.05) is 0 Å². The van der Waals surface area contributed by atoms with E-state index >= 15 is 0 Å². The Kier molecular flexibility index (Phi) is 2.94. The molecule has 0 aromatic carbocycles. The van der Waals surface area contributed by atoms with Gasteiger partial charge in [-0.15, -0.1) is 5.10 Å². The molecule has 0 radical (unpaired) electrons. The van der Waals surface area contributed by atoms with Crippen LogP contribution in [0.15, 0.2) is 0 Å². The zero-order valence-corrected chi connectivity index (χ0v) is 9.81. The molecule has 16 heavy (non-hydrogen) atoms. The number of rotatable bonds is 5. The first-order chi connectivity index (χ1) is 7.63. The molecule has 1 unspecified atom stereocenters. The summed E-state index contributed by atoms with van der Waals surface area (Å²) in [6.07, 6.45) is 3.58. The van der Waals surface area contributed by atoms with Gasteiger partial charge in [0.05, 0.1) is 23.9 Å². The number of primary amides is 1. The Morgan fingerprint density at radius 2 is 2.31 bits per heavy atom. The molecule has 88 valence electrons. The second kappa shape index (κ2) is 4.23. The zero-order valence-electron chi connectivity index (χ0n) is 9.81.